The second-order valence-electron chi connectivity index (χ2n) is 6.12. The Kier molecular flexibility index (Phi) is 5.51. The summed E-state index contributed by atoms with van der Waals surface area (Å²) in [5, 5.41) is 5.23. The monoisotopic (exact) mass is 350 g/mol. The van der Waals surface area contributed by atoms with Crippen molar-refractivity contribution < 1.29 is 4.79 Å². The maximum Gasteiger partial charge on any atom is 0.240 e. The standard InChI is InChI=1S/C21H22N2OS/c1-16-10-12-17(13-11-16)21(19-9-6-14-25-19)22-20(24)15-23(2)18-7-4-3-5-8-18/h3-14,21H,15H2,1-2H3,(H,22,24). The van der Waals surface area contributed by atoms with E-state index in [4.69, 9.17) is 0 Å². The molecule has 0 aliphatic rings. The summed E-state index contributed by atoms with van der Waals surface area (Å²) in [6.45, 7) is 2.38. The van der Waals surface area contributed by atoms with E-state index < -0.39 is 0 Å². The Morgan fingerprint density at radius 1 is 1.04 bits per heavy atom. The molecule has 25 heavy (non-hydrogen) atoms. The van der Waals surface area contributed by atoms with E-state index in [0.717, 1.165) is 16.1 Å². The van der Waals surface area contributed by atoms with Gasteiger partial charge in [0.25, 0.3) is 0 Å². The highest BCUT2D eigenvalue weighted by Crippen LogP contribution is 2.26. The Bertz CT molecular complexity index is 798. The van der Waals surface area contributed by atoms with Crippen molar-refractivity contribution in [2.75, 3.05) is 18.5 Å². The molecule has 0 spiro atoms. The van der Waals surface area contributed by atoms with E-state index in [1.807, 2.05) is 53.7 Å². The molecule has 0 radical (unpaired) electrons. The van der Waals surface area contributed by atoms with Crippen LogP contribution in [0.1, 0.15) is 22.0 Å². The molecule has 4 heteroatoms. The Morgan fingerprint density at radius 2 is 1.76 bits per heavy atom. The van der Waals surface area contributed by atoms with Crippen molar-refractivity contribution in [3.63, 3.8) is 0 Å². The van der Waals surface area contributed by atoms with Gasteiger partial charge in [-0.25, -0.2) is 0 Å². The van der Waals surface area contributed by atoms with Crippen LogP contribution in [-0.4, -0.2) is 19.5 Å². The predicted molar refractivity (Wildman–Crippen MR) is 105 cm³/mol. The number of benzene rings is 2. The lowest BCUT2D eigenvalue weighted by Gasteiger charge is -2.22. The first kappa shape index (κ1) is 17.2. The second kappa shape index (κ2) is 7.99. The van der Waals surface area contributed by atoms with Gasteiger partial charge in [0, 0.05) is 17.6 Å². The number of anilines is 1. The highest BCUT2D eigenvalue weighted by molar-refractivity contribution is 7.10. The lowest BCUT2D eigenvalue weighted by atomic mass is 10.0. The molecule has 2 aromatic carbocycles. The normalized spacial score (nSPS) is 11.8. The van der Waals surface area contributed by atoms with Crippen LogP contribution in [-0.2, 0) is 4.79 Å². The average Bonchev–Trinajstić information content (AvgIpc) is 3.15. The van der Waals surface area contributed by atoms with Gasteiger partial charge in [0.2, 0.25) is 5.91 Å². The number of aryl methyl sites for hydroxylation is 1. The lowest BCUT2D eigenvalue weighted by molar-refractivity contribution is -0.120. The minimum Gasteiger partial charge on any atom is -0.365 e. The Morgan fingerprint density at radius 3 is 2.40 bits per heavy atom. The average molecular weight is 350 g/mol. The first-order valence-corrected chi connectivity index (χ1v) is 9.17. The zero-order valence-corrected chi connectivity index (χ0v) is 15.3. The summed E-state index contributed by atoms with van der Waals surface area (Å²) in [7, 11) is 1.93. The molecular formula is C21H22N2OS. The van der Waals surface area contributed by atoms with Crippen LogP contribution in [0.4, 0.5) is 5.69 Å². The fourth-order valence-electron chi connectivity index (χ4n) is 2.73. The van der Waals surface area contributed by atoms with Crippen LogP contribution in [0.2, 0.25) is 0 Å². The van der Waals surface area contributed by atoms with Gasteiger partial charge in [-0.05, 0) is 36.1 Å². The summed E-state index contributed by atoms with van der Waals surface area (Å²) < 4.78 is 0. The van der Waals surface area contributed by atoms with Gasteiger partial charge in [0.15, 0.2) is 0 Å². The molecule has 1 amide bonds. The number of carbonyl (C=O) groups excluding carboxylic acids is 1. The van der Waals surface area contributed by atoms with E-state index >= 15 is 0 Å². The molecule has 0 aliphatic carbocycles. The Balaban J connectivity index is 1.74. The van der Waals surface area contributed by atoms with Gasteiger partial charge in [-0.2, -0.15) is 0 Å². The third kappa shape index (κ3) is 4.48. The molecule has 0 bridgehead atoms. The topological polar surface area (TPSA) is 32.3 Å². The van der Waals surface area contributed by atoms with E-state index in [1.165, 1.54) is 5.56 Å². The van der Waals surface area contributed by atoms with Crippen molar-refractivity contribution in [3.8, 4) is 0 Å². The molecule has 0 saturated heterocycles. The number of para-hydroxylation sites is 1. The van der Waals surface area contributed by atoms with Gasteiger partial charge in [-0.15, -0.1) is 11.3 Å². The summed E-state index contributed by atoms with van der Waals surface area (Å²) in [6.07, 6.45) is 0. The third-order valence-electron chi connectivity index (χ3n) is 4.12. The van der Waals surface area contributed by atoms with Crippen molar-refractivity contribution in [1.29, 1.82) is 0 Å². The number of rotatable bonds is 6. The third-order valence-corrected chi connectivity index (χ3v) is 5.06. The van der Waals surface area contributed by atoms with Crippen LogP contribution in [0.3, 0.4) is 0 Å². The number of hydrogen-bond donors (Lipinski definition) is 1. The number of carbonyl (C=O) groups is 1. The molecule has 0 fully saturated rings. The van der Waals surface area contributed by atoms with Gasteiger partial charge < -0.3 is 10.2 Å². The number of hydrogen-bond acceptors (Lipinski definition) is 3. The predicted octanol–water partition coefficient (Wildman–Crippen LogP) is 4.40. The maximum absolute atomic E-state index is 12.6. The molecule has 3 rings (SSSR count). The molecule has 1 atom stereocenters. The highest BCUT2D eigenvalue weighted by atomic mass is 32.1. The molecule has 1 N–H and O–H groups in total. The summed E-state index contributed by atoms with van der Waals surface area (Å²) in [5.41, 5.74) is 3.34. The lowest BCUT2D eigenvalue weighted by Crippen LogP contribution is -2.37. The maximum atomic E-state index is 12.6. The zero-order valence-electron chi connectivity index (χ0n) is 14.5. The number of amides is 1. The van der Waals surface area contributed by atoms with E-state index in [1.54, 1.807) is 11.3 Å². The smallest absolute Gasteiger partial charge is 0.240 e. The summed E-state index contributed by atoms with van der Waals surface area (Å²) in [5.74, 6) is 0.00493. The van der Waals surface area contributed by atoms with E-state index in [2.05, 4.69) is 42.6 Å². The van der Waals surface area contributed by atoms with Crippen LogP contribution in [0.25, 0.3) is 0 Å². The summed E-state index contributed by atoms with van der Waals surface area (Å²) in [4.78, 5) is 15.7. The summed E-state index contributed by atoms with van der Waals surface area (Å²) >= 11 is 1.66. The van der Waals surface area contributed by atoms with Crippen LogP contribution >= 0.6 is 11.3 Å². The SMILES string of the molecule is Cc1ccc(C(NC(=O)CN(C)c2ccccc2)c2cccs2)cc1. The van der Waals surface area contributed by atoms with E-state index in [0.29, 0.717) is 6.54 Å². The molecule has 0 aliphatic heterocycles. The number of likely N-dealkylation sites (N-methyl/N-ethyl adjacent to an activating group) is 1. The first-order valence-electron chi connectivity index (χ1n) is 8.29. The van der Waals surface area contributed by atoms with Crippen molar-refractivity contribution >= 4 is 22.9 Å². The largest absolute Gasteiger partial charge is 0.365 e. The number of thiophene rings is 1. The molecular weight excluding hydrogens is 328 g/mol. The Labute approximate surface area is 152 Å². The van der Waals surface area contributed by atoms with Crippen LogP contribution in [0.5, 0.6) is 0 Å². The molecule has 128 valence electrons. The van der Waals surface area contributed by atoms with Gasteiger partial charge in [-0.1, -0.05) is 54.1 Å². The fraction of sp³-hybridized carbons (Fsp3) is 0.190. The van der Waals surface area contributed by atoms with Crippen molar-refractivity contribution in [3.05, 3.63) is 88.1 Å². The molecule has 1 heterocycles. The van der Waals surface area contributed by atoms with Crippen LogP contribution < -0.4 is 10.2 Å². The quantitative estimate of drug-likeness (QED) is 0.715. The van der Waals surface area contributed by atoms with Crippen molar-refractivity contribution in [2.45, 2.75) is 13.0 Å². The minimum atomic E-state index is -0.114. The number of nitrogens with one attached hydrogen (secondary N) is 1. The second-order valence-corrected chi connectivity index (χ2v) is 7.10. The van der Waals surface area contributed by atoms with Crippen LogP contribution in [0, 0.1) is 6.92 Å². The Hall–Kier alpha value is -2.59. The van der Waals surface area contributed by atoms with Gasteiger partial charge in [0.05, 0.1) is 12.6 Å². The van der Waals surface area contributed by atoms with Crippen molar-refractivity contribution in [1.82, 2.24) is 5.32 Å². The molecule has 3 nitrogen and oxygen atoms in total. The summed E-state index contributed by atoms with van der Waals surface area (Å²) in [6, 6.07) is 22.2. The zero-order chi connectivity index (χ0) is 17.6. The van der Waals surface area contributed by atoms with Gasteiger partial charge in [-0.3, -0.25) is 4.79 Å². The molecule has 1 aromatic heterocycles. The number of nitrogens with zero attached hydrogens (tertiary/aromatic N) is 1. The minimum absolute atomic E-state index is 0.00493. The first-order chi connectivity index (χ1) is 12.1. The molecule has 1 unspecified atom stereocenters. The molecule has 0 saturated carbocycles. The van der Waals surface area contributed by atoms with Gasteiger partial charge >= 0.3 is 0 Å². The van der Waals surface area contributed by atoms with Gasteiger partial charge in [0.1, 0.15) is 0 Å². The highest BCUT2D eigenvalue weighted by Gasteiger charge is 2.18. The van der Waals surface area contributed by atoms with Crippen molar-refractivity contribution in [2.24, 2.45) is 0 Å². The van der Waals surface area contributed by atoms with E-state index in [-0.39, 0.29) is 11.9 Å². The van der Waals surface area contributed by atoms with E-state index in [9.17, 15) is 4.79 Å². The van der Waals surface area contributed by atoms with Crippen LogP contribution in [0.15, 0.2) is 72.1 Å². The molecule has 3 aromatic rings. The fourth-order valence-corrected chi connectivity index (χ4v) is 3.53.